The number of nitrogens with one attached hydrogen (secondary N) is 1. The highest BCUT2D eigenvalue weighted by atomic mass is 16.4. The molecule has 0 unspecified atom stereocenters. The van der Waals surface area contributed by atoms with Crippen LogP contribution in [0.1, 0.15) is 25.7 Å². The summed E-state index contributed by atoms with van der Waals surface area (Å²) >= 11 is 0. The normalized spacial score (nSPS) is 30.5. The van der Waals surface area contributed by atoms with E-state index >= 15 is 0 Å². The van der Waals surface area contributed by atoms with Crippen molar-refractivity contribution in [2.24, 2.45) is 23.7 Å². The zero-order chi connectivity index (χ0) is 14.8. The molecule has 1 heterocycles. The van der Waals surface area contributed by atoms with Gasteiger partial charge in [0.25, 0.3) is 0 Å². The highest BCUT2D eigenvalue weighted by molar-refractivity contribution is 5.85. The van der Waals surface area contributed by atoms with Gasteiger partial charge in [-0.1, -0.05) is 0 Å². The maximum Gasteiger partial charge on any atom is 0.224 e. The fourth-order valence-corrected chi connectivity index (χ4v) is 4.02. The number of hydrogen-bond donors (Lipinski definition) is 1. The lowest BCUT2D eigenvalue weighted by molar-refractivity contribution is -0.314. The Labute approximate surface area is 123 Å². The number of fused-ring (bicyclic) bond motifs is 2. The molecule has 0 radical (unpaired) electrons. The lowest BCUT2D eigenvalue weighted by Crippen LogP contribution is -2.46. The summed E-state index contributed by atoms with van der Waals surface area (Å²) in [6.45, 7) is 1.35. The number of rotatable bonds is 6. The average molecular weight is 290 g/mol. The molecule has 6 heteroatoms. The van der Waals surface area contributed by atoms with Gasteiger partial charge in [-0.2, -0.15) is 0 Å². The monoisotopic (exact) mass is 290 g/mol. The molecule has 6 nitrogen and oxygen atoms in total. The molecule has 2 saturated carbocycles. The number of carboxylic acids is 1. The number of carbonyl (C=O) groups is 2. The van der Waals surface area contributed by atoms with Gasteiger partial charge in [0, 0.05) is 43.3 Å². The number of aromatic nitrogens is 2. The van der Waals surface area contributed by atoms with Crippen LogP contribution in [0.3, 0.4) is 0 Å². The van der Waals surface area contributed by atoms with Crippen LogP contribution in [0.2, 0.25) is 0 Å². The Morgan fingerprint density at radius 1 is 1.29 bits per heavy atom. The number of hydrogen-bond acceptors (Lipinski definition) is 4. The number of carboxylic acid groups (broad SMARTS) is 1. The van der Waals surface area contributed by atoms with E-state index in [9.17, 15) is 14.7 Å². The van der Waals surface area contributed by atoms with Crippen molar-refractivity contribution in [1.82, 2.24) is 14.9 Å². The van der Waals surface area contributed by atoms with E-state index in [0.29, 0.717) is 6.54 Å². The lowest BCUT2D eigenvalue weighted by atomic mass is 9.78. The summed E-state index contributed by atoms with van der Waals surface area (Å²) in [6, 6.07) is 0. The van der Waals surface area contributed by atoms with E-state index in [0.717, 1.165) is 32.2 Å². The van der Waals surface area contributed by atoms with Gasteiger partial charge in [0.15, 0.2) is 0 Å². The lowest BCUT2D eigenvalue weighted by Gasteiger charge is -2.30. The highest BCUT2D eigenvalue weighted by Crippen LogP contribution is 2.52. The minimum absolute atomic E-state index is 0.109. The van der Waals surface area contributed by atoms with E-state index in [-0.39, 0.29) is 23.7 Å². The SMILES string of the molecule is O=C(NCCCn1ccnc1)[C@@H]1[C@@H]2CC[C@@H](C2)[C@@H]1C(=O)[O-]. The Bertz CT molecular complexity index is 514. The first kappa shape index (κ1) is 14.1. The Kier molecular flexibility index (Phi) is 3.94. The fourth-order valence-electron chi connectivity index (χ4n) is 4.02. The molecule has 3 rings (SSSR count). The second-order valence-corrected chi connectivity index (χ2v) is 6.15. The molecule has 0 spiro atoms. The molecule has 2 aliphatic rings. The summed E-state index contributed by atoms with van der Waals surface area (Å²) in [6.07, 6.45) is 8.91. The van der Waals surface area contributed by atoms with Crippen LogP contribution in [0.5, 0.6) is 0 Å². The van der Waals surface area contributed by atoms with E-state index in [2.05, 4.69) is 10.3 Å². The summed E-state index contributed by atoms with van der Waals surface area (Å²) in [4.78, 5) is 27.5. The Hall–Kier alpha value is -1.85. The van der Waals surface area contributed by atoms with Crippen LogP contribution >= 0.6 is 0 Å². The Balaban J connectivity index is 1.49. The van der Waals surface area contributed by atoms with Crippen LogP contribution < -0.4 is 10.4 Å². The summed E-state index contributed by atoms with van der Waals surface area (Å²) in [5.74, 6) is -1.77. The van der Waals surface area contributed by atoms with Crippen LogP contribution in [0, 0.1) is 23.7 Å². The van der Waals surface area contributed by atoms with Gasteiger partial charge in [-0.3, -0.25) is 4.79 Å². The maximum absolute atomic E-state index is 12.3. The Morgan fingerprint density at radius 3 is 2.71 bits per heavy atom. The van der Waals surface area contributed by atoms with Crippen LogP contribution in [-0.2, 0) is 16.1 Å². The molecule has 0 saturated heterocycles. The van der Waals surface area contributed by atoms with Gasteiger partial charge in [-0.15, -0.1) is 0 Å². The van der Waals surface area contributed by atoms with Crippen molar-refractivity contribution in [3.05, 3.63) is 18.7 Å². The van der Waals surface area contributed by atoms with E-state index in [1.807, 2.05) is 10.8 Å². The van der Waals surface area contributed by atoms with Gasteiger partial charge in [-0.25, -0.2) is 4.98 Å². The third-order valence-corrected chi connectivity index (χ3v) is 4.94. The van der Waals surface area contributed by atoms with Gasteiger partial charge < -0.3 is 19.8 Å². The molecule has 1 aromatic rings. The Morgan fingerprint density at radius 2 is 2.05 bits per heavy atom. The molecule has 4 atom stereocenters. The molecule has 21 heavy (non-hydrogen) atoms. The predicted octanol–water partition coefficient (Wildman–Crippen LogP) is -0.198. The second kappa shape index (κ2) is 5.87. The van der Waals surface area contributed by atoms with Gasteiger partial charge in [-0.05, 0) is 37.5 Å². The van der Waals surface area contributed by atoms with Crippen molar-refractivity contribution in [2.45, 2.75) is 32.2 Å². The molecule has 0 aliphatic heterocycles. The highest BCUT2D eigenvalue weighted by Gasteiger charge is 2.51. The molecule has 1 aromatic heterocycles. The van der Waals surface area contributed by atoms with E-state index in [4.69, 9.17) is 0 Å². The van der Waals surface area contributed by atoms with Gasteiger partial charge in [0.05, 0.1) is 6.33 Å². The van der Waals surface area contributed by atoms with Gasteiger partial charge in [0.1, 0.15) is 0 Å². The molecule has 1 amide bonds. The smallest absolute Gasteiger partial charge is 0.224 e. The number of carbonyl (C=O) groups excluding carboxylic acids is 2. The first-order chi connectivity index (χ1) is 10.2. The van der Waals surface area contributed by atoms with E-state index in [1.165, 1.54) is 0 Å². The first-order valence-electron chi connectivity index (χ1n) is 7.61. The number of aliphatic carboxylic acids is 1. The average Bonchev–Trinajstić information content (AvgIpc) is 3.18. The maximum atomic E-state index is 12.3. The molecule has 114 valence electrons. The second-order valence-electron chi connectivity index (χ2n) is 6.15. The molecule has 2 aliphatic carbocycles. The summed E-state index contributed by atoms with van der Waals surface area (Å²) < 4.78 is 1.95. The fraction of sp³-hybridized carbons (Fsp3) is 0.667. The van der Waals surface area contributed by atoms with Crippen LogP contribution in [0.15, 0.2) is 18.7 Å². The minimum atomic E-state index is -1.05. The summed E-state index contributed by atoms with van der Waals surface area (Å²) in [5.41, 5.74) is 0. The van der Waals surface area contributed by atoms with Crippen molar-refractivity contribution >= 4 is 11.9 Å². The summed E-state index contributed by atoms with van der Waals surface area (Å²) in [7, 11) is 0. The van der Waals surface area contributed by atoms with Crippen molar-refractivity contribution in [1.29, 1.82) is 0 Å². The topological polar surface area (TPSA) is 87.0 Å². The van der Waals surface area contributed by atoms with Crippen LogP contribution in [0.25, 0.3) is 0 Å². The van der Waals surface area contributed by atoms with Crippen molar-refractivity contribution < 1.29 is 14.7 Å². The van der Waals surface area contributed by atoms with Crippen LogP contribution in [-0.4, -0.2) is 28.0 Å². The summed E-state index contributed by atoms with van der Waals surface area (Å²) in [5, 5.41) is 14.2. The number of amides is 1. The molecule has 1 N–H and O–H groups in total. The van der Waals surface area contributed by atoms with Crippen LogP contribution in [0.4, 0.5) is 0 Å². The predicted molar refractivity (Wildman–Crippen MR) is 72.7 cm³/mol. The first-order valence-corrected chi connectivity index (χ1v) is 7.61. The standard InChI is InChI=1S/C15H21N3O3/c19-14(17-4-1-6-18-7-5-16-9-18)12-10-2-3-11(8-10)13(12)15(20)21/h5,7,9-13H,1-4,6,8H2,(H,17,19)(H,20,21)/p-1/t10-,11+,12-,13+/m1/s1. The third kappa shape index (κ3) is 2.80. The van der Waals surface area contributed by atoms with Crippen molar-refractivity contribution in [3.8, 4) is 0 Å². The number of nitrogens with zero attached hydrogens (tertiary/aromatic N) is 2. The van der Waals surface area contributed by atoms with Crippen molar-refractivity contribution in [3.63, 3.8) is 0 Å². The minimum Gasteiger partial charge on any atom is -0.550 e. The number of imidazole rings is 1. The van der Waals surface area contributed by atoms with Crippen molar-refractivity contribution in [2.75, 3.05) is 6.54 Å². The molecule has 0 aromatic carbocycles. The zero-order valence-corrected chi connectivity index (χ0v) is 11.9. The van der Waals surface area contributed by atoms with E-state index in [1.54, 1.807) is 12.5 Å². The molecular formula is C15H20N3O3-. The van der Waals surface area contributed by atoms with E-state index < -0.39 is 11.9 Å². The van der Waals surface area contributed by atoms with Gasteiger partial charge >= 0.3 is 0 Å². The zero-order valence-electron chi connectivity index (χ0n) is 11.9. The molecule has 2 bridgehead atoms. The largest absolute Gasteiger partial charge is 0.550 e. The molecule has 2 fully saturated rings. The van der Waals surface area contributed by atoms with Gasteiger partial charge in [0.2, 0.25) is 5.91 Å². The quantitative estimate of drug-likeness (QED) is 0.735. The molecular weight excluding hydrogens is 270 g/mol. The third-order valence-electron chi connectivity index (χ3n) is 4.94. The number of aryl methyl sites for hydroxylation is 1.